The highest BCUT2D eigenvalue weighted by atomic mass is 35.5. The van der Waals surface area contributed by atoms with Crippen LogP contribution in [0.4, 0.5) is 0 Å². The fraction of sp³-hybridized carbons (Fsp3) is 0.167. The molecular formula is C12H16Cl2N2O6P2. The van der Waals surface area contributed by atoms with Crippen LogP contribution in [-0.4, -0.2) is 30.0 Å². The van der Waals surface area contributed by atoms with Gasteiger partial charge in [-0.25, -0.2) is 4.57 Å². The van der Waals surface area contributed by atoms with E-state index in [9.17, 15) is 9.13 Å². The summed E-state index contributed by atoms with van der Waals surface area (Å²) < 4.78 is 24.0. The summed E-state index contributed by atoms with van der Waals surface area (Å²) in [6.45, 7) is -0.497. The maximum Gasteiger partial charge on any atom is 0.347 e. The van der Waals surface area contributed by atoms with Gasteiger partial charge >= 0.3 is 15.2 Å². The Labute approximate surface area is 150 Å². The van der Waals surface area contributed by atoms with E-state index in [1.807, 2.05) is 0 Å². The minimum absolute atomic E-state index is 0. The highest BCUT2D eigenvalue weighted by Crippen LogP contribution is 2.59. The molecule has 0 unspecified atom stereocenters. The molecule has 2 aromatic rings. The molecule has 12 heteroatoms. The van der Waals surface area contributed by atoms with E-state index >= 15 is 0 Å². The Bertz CT molecular complexity index is 730. The lowest BCUT2D eigenvalue weighted by Gasteiger charge is -2.16. The lowest BCUT2D eigenvalue weighted by Crippen LogP contribution is -3.00. The molecule has 2 heterocycles. The van der Waals surface area contributed by atoms with Crippen molar-refractivity contribution in [1.29, 1.82) is 0 Å². The molecule has 0 spiro atoms. The summed E-state index contributed by atoms with van der Waals surface area (Å²) in [7, 11) is -9.89. The average Bonchev–Trinajstić information content (AvgIpc) is 2.44. The monoisotopic (exact) mass is 416 g/mol. The van der Waals surface area contributed by atoms with Gasteiger partial charge < -0.3 is 32.0 Å². The fourth-order valence-electron chi connectivity index (χ4n) is 1.94. The first-order valence-corrected chi connectivity index (χ1v) is 9.54. The van der Waals surface area contributed by atoms with Crippen molar-refractivity contribution in [1.82, 2.24) is 4.98 Å². The van der Waals surface area contributed by atoms with Crippen LogP contribution in [0.25, 0.3) is 11.1 Å². The van der Waals surface area contributed by atoms with Crippen LogP contribution in [-0.2, 0) is 15.7 Å². The summed E-state index contributed by atoms with van der Waals surface area (Å²) in [5.74, 6) is 0. The van der Waals surface area contributed by atoms with Crippen LogP contribution < -0.4 is 17.0 Å². The normalized spacial score (nSPS) is 11.5. The molecule has 0 fully saturated rings. The van der Waals surface area contributed by atoms with Crippen molar-refractivity contribution in [3.05, 3.63) is 49.1 Å². The van der Waals surface area contributed by atoms with E-state index in [-0.39, 0.29) is 24.8 Å². The predicted octanol–water partition coefficient (Wildman–Crippen LogP) is -1.86. The smallest absolute Gasteiger partial charge is 0.347 e. The Morgan fingerprint density at radius 2 is 1.62 bits per heavy atom. The molecule has 0 saturated heterocycles. The van der Waals surface area contributed by atoms with Gasteiger partial charge in [0.2, 0.25) is 5.40 Å². The van der Waals surface area contributed by atoms with E-state index in [1.54, 1.807) is 42.9 Å². The highest BCUT2D eigenvalue weighted by molar-refractivity contribution is 7.70. The van der Waals surface area contributed by atoms with Gasteiger partial charge in [-0.2, -0.15) is 0 Å². The second-order valence-corrected chi connectivity index (χ2v) is 8.70. The highest BCUT2D eigenvalue weighted by Gasteiger charge is 2.46. The molecular weight excluding hydrogens is 401 g/mol. The van der Waals surface area contributed by atoms with Crippen molar-refractivity contribution >= 4 is 27.6 Å². The van der Waals surface area contributed by atoms with Crippen LogP contribution in [0.3, 0.4) is 0 Å². The second kappa shape index (κ2) is 9.04. The van der Waals surface area contributed by atoms with Gasteiger partial charge in [-0.15, -0.1) is 12.4 Å². The van der Waals surface area contributed by atoms with Gasteiger partial charge in [0.1, 0.15) is 0 Å². The van der Waals surface area contributed by atoms with E-state index in [2.05, 4.69) is 4.98 Å². The maximum absolute atomic E-state index is 11.3. The Balaban J connectivity index is 0.00000264. The molecule has 24 heavy (non-hydrogen) atoms. The van der Waals surface area contributed by atoms with Gasteiger partial charge in [-0.3, -0.25) is 14.1 Å². The largest absolute Gasteiger partial charge is 1.00 e. The van der Waals surface area contributed by atoms with Crippen molar-refractivity contribution in [2.24, 2.45) is 0 Å². The summed E-state index contributed by atoms with van der Waals surface area (Å²) in [6.07, 6.45) is 6.26. The summed E-state index contributed by atoms with van der Waals surface area (Å²) in [5, 5.41) is -2.07. The van der Waals surface area contributed by atoms with Crippen LogP contribution >= 0.6 is 27.6 Å². The molecule has 0 radical (unpaired) electrons. The van der Waals surface area contributed by atoms with E-state index in [0.29, 0.717) is 5.56 Å². The first-order valence-electron chi connectivity index (χ1n) is 6.18. The molecule has 0 amide bonds. The number of aromatic nitrogens is 2. The van der Waals surface area contributed by atoms with Crippen molar-refractivity contribution in [3.8, 4) is 11.1 Å². The molecule has 0 atom stereocenters. The molecule has 0 saturated carbocycles. The quantitative estimate of drug-likeness (QED) is 0.332. The lowest BCUT2D eigenvalue weighted by atomic mass is 10.1. The van der Waals surface area contributed by atoms with E-state index in [4.69, 9.17) is 19.6 Å². The molecule has 0 aliphatic carbocycles. The number of halogens is 2. The van der Waals surface area contributed by atoms with E-state index in [0.717, 1.165) is 5.56 Å². The first-order chi connectivity index (χ1) is 10.2. The van der Waals surface area contributed by atoms with Crippen LogP contribution in [0.15, 0.2) is 49.1 Å². The number of hydrogen-bond acceptors (Lipinski definition) is 3. The van der Waals surface area contributed by atoms with Gasteiger partial charge in [0.05, 0.1) is 0 Å². The van der Waals surface area contributed by atoms with Gasteiger partial charge in [0, 0.05) is 29.6 Å². The van der Waals surface area contributed by atoms with E-state index in [1.165, 1.54) is 10.8 Å². The number of nitrogens with zero attached hydrogens (tertiary/aromatic N) is 2. The zero-order valence-corrected chi connectivity index (χ0v) is 15.4. The van der Waals surface area contributed by atoms with Gasteiger partial charge in [0.25, 0.3) is 0 Å². The number of hydrogen-bond donors (Lipinski definition) is 4. The molecule has 0 aromatic carbocycles. The Kier molecular flexibility index (Phi) is 8.73. The Morgan fingerprint density at radius 3 is 2.12 bits per heavy atom. The maximum atomic E-state index is 11.3. The van der Waals surface area contributed by atoms with Crippen LogP contribution in [0.5, 0.6) is 0 Å². The first kappa shape index (κ1) is 23.2. The standard InChI is InChI=1S/C12H14N2O6P2.2ClH/c15-21(16,17)12(22(18,19)20)9-14-6-2-4-11(8-14)10-3-1-5-13-7-10;;/h1-8,12H,9H2,(H3-,15,16,17,18,19,20);2*1H. The Morgan fingerprint density at radius 1 is 1.04 bits per heavy atom. The molecule has 2 aromatic heterocycles. The summed E-state index contributed by atoms with van der Waals surface area (Å²) >= 11 is 0. The molecule has 134 valence electrons. The minimum Gasteiger partial charge on any atom is -1.00 e. The molecule has 4 N–H and O–H groups in total. The zero-order valence-electron chi connectivity index (χ0n) is 12.1. The fourth-order valence-corrected chi connectivity index (χ4v) is 4.31. The number of rotatable bonds is 5. The van der Waals surface area contributed by atoms with Gasteiger partial charge in [-0.1, -0.05) is 6.07 Å². The third kappa shape index (κ3) is 6.24. The number of pyridine rings is 2. The van der Waals surface area contributed by atoms with Crippen molar-refractivity contribution in [2.75, 3.05) is 0 Å². The lowest BCUT2D eigenvalue weighted by molar-refractivity contribution is -0.694. The Hall–Kier alpha value is -0.820. The van der Waals surface area contributed by atoms with Crippen molar-refractivity contribution in [3.63, 3.8) is 0 Å². The topological polar surface area (TPSA) is 132 Å². The summed E-state index contributed by atoms with van der Waals surface area (Å²) in [4.78, 5) is 40.6. The van der Waals surface area contributed by atoms with Crippen molar-refractivity contribution in [2.45, 2.75) is 11.9 Å². The third-order valence-electron chi connectivity index (χ3n) is 3.00. The predicted molar refractivity (Wildman–Crippen MR) is 85.0 cm³/mol. The molecule has 0 aliphatic rings. The minimum atomic E-state index is -4.95. The second-order valence-electron chi connectivity index (χ2n) is 4.69. The zero-order chi connectivity index (χ0) is 16.4. The molecule has 8 nitrogen and oxygen atoms in total. The molecule has 0 aliphatic heterocycles. The SMILES string of the molecule is Cl.O=P(O)(O)C(C[n+]1cccc(-c2cccnc2)c1)P(=O)(O)O.[Cl-]. The van der Waals surface area contributed by atoms with Gasteiger partial charge in [-0.05, 0) is 12.1 Å². The summed E-state index contributed by atoms with van der Waals surface area (Å²) in [6, 6.07) is 6.92. The molecule has 0 bridgehead atoms. The van der Waals surface area contributed by atoms with Crippen LogP contribution in [0, 0.1) is 0 Å². The van der Waals surface area contributed by atoms with Crippen molar-refractivity contribution < 1.29 is 45.7 Å². The molecule has 2 rings (SSSR count). The average molecular weight is 417 g/mol. The van der Waals surface area contributed by atoms with Crippen LogP contribution in [0.1, 0.15) is 0 Å². The van der Waals surface area contributed by atoms with Crippen LogP contribution in [0.2, 0.25) is 0 Å². The van der Waals surface area contributed by atoms with Gasteiger partial charge in [0.15, 0.2) is 18.9 Å². The van der Waals surface area contributed by atoms with E-state index < -0.39 is 27.1 Å². The summed E-state index contributed by atoms with van der Waals surface area (Å²) in [5.41, 5.74) is 1.49. The third-order valence-corrected chi connectivity index (χ3v) is 6.69.